The van der Waals surface area contributed by atoms with Crippen LogP contribution in [0, 0.1) is 10.1 Å². The summed E-state index contributed by atoms with van der Waals surface area (Å²) in [4.78, 5) is 10.2. The molecule has 1 heterocycles. The standard InChI is InChI=1S/C7H4IN3O2/c8-7-4-2-1-3-5(11(12)13)6(4)9-10-7/h1-3,5H/t5-/m0/s1. The SMILES string of the molecule is O=[N+]([O-])[C@H]1C=CC=C2C(I)=NN=C21. The van der Waals surface area contributed by atoms with E-state index in [2.05, 4.69) is 10.2 Å². The van der Waals surface area contributed by atoms with Gasteiger partial charge in [0, 0.05) is 10.5 Å². The molecule has 0 saturated carbocycles. The van der Waals surface area contributed by atoms with Crippen LogP contribution in [0.25, 0.3) is 0 Å². The normalized spacial score (nSPS) is 24.7. The van der Waals surface area contributed by atoms with Crippen molar-refractivity contribution >= 4 is 32.0 Å². The number of nitro groups is 1. The number of fused-ring (bicyclic) bond motifs is 1. The number of rotatable bonds is 1. The van der Waals surface area contributed by atoms with Gasteiger partial charge < -0.3 is 0 Å². The van der Waals surface area contributed by atoms with Crippen molar-refractivity contribution in [3.63, 3.8) is 0 Å². The Balaban J connectivity index is 2.40. The number of hydrogen-bond acceptors (Lipinski definition) is 4. The first kappa shape index (κ1) is 8.54. The van der Waals surface area contributed by atoms with Crippen LogP contribution in [0.3, 0.4) is 0 Å². The van der Waals surface area contributed by atoms with E-state index in [0.717, 1.165) is 5.57 Å². The van der Waals surface area contributed by atoms with E-state index in [1.54, 1.807) is 12.2 Å². The predicted molar refractivity (Wildman–Crippen MR) is 56.9 cm³/mol. The molecule has 1 aliphatic heterocycles. The summed E-state index contributed by atoms with van der Waals surface area (Å²) in [6.07, 6.45) is 4.96. The summed E-state index contributed by atoms with van der Waals surface area (Å²) in [6, 6.07) is -0.837. The summed E-state index contributed by atoms with van der Waals surface area (Å²) in [5, 5.41) is 18.2. The van der Waals surface area contributed by atoms with Crippen LogP contribution in [0.15, 0.2) is 34.0 Å². The molecule has 0 aromatic rings. The molecule has 13 heavy (non-hydrogen) atoms. The van der Waals surface area contributed by atoms with E-state index < -0.39 is 6.04 Å². The average molecular weight is 289 g/mol. The minimum atomic E-state index is -0.837. The molecule has 1 atom stereocenters. The van der Waals surface area contributed by atoms with Crippen molar-refractivity contribution in [2.45, 2.75) is 6.04 Å². The van der Waals surface area contributed by atoms with Crippen LogP contribution in [0.5, 0.6) is 0 Å². The molecule has 0 bridgehead atoms. The van der Waals surface area contributed by atoms with Crippen LogP contribution < -0.4 is 0 Å². The highest BCUT2D eigenvalue weighted by Crippen LogP contribution is 2.22. The van der Waals surface area contributed by atoms with Gasteiger partial charge in [-0.2, -0.15) is 0 Å². The average Bonchev–Trinajstić information content (AvgIpc) is 2.48. The molecule has 0 saturated heterocycles. The molecule has 2 rings (SSSR count). The molecule has 0 aromatic carbocycles. The molecule has 0 amide bonds. The quantitative estimate of drug-likeness (QED) is 0.415. The first-order chi connectivity index (χ1) is 6.20. The van der Waals surface area contributed by atoms with Gasteiger partial charge in [-0.1, -0.05) is 12.2 Å². The van der Waals surface area contributed by atoms with Gasteiger partial charge in [-0.3, -0.25) is 10.1 Å². The Morgan fingerprint density at radius 1 is 1.54 bits per heavy atom. The highest BCUT2D eigenvalue weighted by molar-refractivity contribution is 14.1. The zero-order valence-electron chi connectivity index (χ0n) is 6.35. The zero-order valence-corrected chi connectivity index (χ0v) is 8.50. The third kappa shape index (κ3) is 1.30. The van der Waals surface area contributed by atoms with Gasteiger partial charge in [0.05, 0.1) is 0 Å². The van der Waals surface area contributed by atoms with Crippen LogP contribution in [0.2, 0.25) is 0 Å². The fraction of sp³-hybridized carbons (Fsp3) is 0.143. The van der Waals surface area contributed by atoms with Gasteiger partial charge in [-0.05, 0) is 28.7 Å². The molecule has 6 heteroatoms. The van der Waals surface area contributed by atoms with Gasteiger partial charge in [-0.25, -0.2) is 0 Å². The number of hydrogen-bond donors (Lipinski definition) is 0. The summed E-state index contributed by atoms with van der Waals surface area (Å²) in [5.74, 6) is 0. The fourth-order valence-electron chi connectivity index (χ4n) is 1.20. The smallest absolute Gasteiger partial charge is 0.263 e. The third-order valence-corrected chi connectivity index (χ3v) is 2.60. The molecule has 0 spiro atoms. The Hall–Kier alpha value is -1.05. The Morgan fingerprint density at radius 3 is 3.00 bits per heavy atom. The van der Waals surface area contributed by atoms with Gasteiger partial charge in [0.15, 0.2) is 5.71 Å². The highest BCUT2D eigenvalue weighted by atomic mass is 127. The van der Waals surface area contributed by atoms with Crippen molar-refractivity contribution in [2.24, 2.45) is 10.2 Å². The summed E-state index contributed by atoms with van der Waals surface area (Å²) in [7, 11) is 0. The van der Waals surface area contributed by atoms with Crippen LogP contribution in [-0.2, 0) is 0 Å². The van der Waals surface area contributed by atoms with E-state index in [-0.39, 0.29) is 4.92 Å². The molecule has 2 aliphatic rings. The van der Waals surface area contributed by atoms with E-state index in [9.17, 15) is 10.1 Å². The second kappa shape index (κ2) is 3.02. The van der Waals surface area contributed by atoms with Crippen molar-refractivity contribution in [2.75, 3.05) is 0 Å². The van der Waals surface area contributed by atoms with Crippen LogP contribution in [0.1, 0.15) is 0 Å². The van der Waals surface area contributed by atoms with Crippen molar-refractivity contribution < 1.29 is 4.92 Å². The zero-order chi connectivity index (χ0) is 9.42. The summed E-state index contributed by atoms with van der Waals surface area (Å²) < 4.78 is 0.712. The molecule has 0 aromatic heterocycles. The maximum atomic E-state index is 10.6. The van der Waals surface area contributed by atoms with Crippen molar-refractivity contribution in [1.29, 1.82) is 0 Å². The van der Waals surface area contributed by atoms with Gasteiger partial charge in [0.25, 0.3) is 6.04 Å². The van der Waals surface area contributed by atoms with E-state index in [1.165, 1.54) is 6.08 Å². The van der Waals surface area contributed by atoms with E-state index in [1.807, 2.05) is 22.6 Å². The van der Waals surface area contributed by atoms with E-state index >= 15 is 0 Å². The summed E-state index contributed by atoms with van der Waals surface area (Å²) >= 11 is 2.01. The number of nitrogens with zero attached hydrogens (tertiary/aromatic N) is 3. The largest absolute Gasteiger partial charge is 0.275 e. The minimum Gasteiger partial charge on any atom is -0.263 e. The number of allylic oxidation sites excluding steroid dienone is 2. The van der Waals surface area contributed by atoms with Gasteiger partial charge >= 0.3 is 0 Å². The molecular weight excluding hydrogens is 285 g/mol. The maximum Gasteiger partial charge on any atom is 0.275 e. The molecule has 5 nitrogen and oxygen atoms in total. The Morgan fingerprint density at radius 2 is 2.31 bits per heavy atom. The van der Waals surface area contributed by atoms with Crippen molar-refractivity contribution in [1.82, 2.24) is 0 Å². The first-order valence-corrected chi connectivity index (χ1v) is 4.62. The molecule has 0 fully saturated rings. The second-order valence-corrected chi connectivity index (χ2v) is 3.59. The Kier molecular flexibility index (Phi) is 1.98. The monoisotopic (exact) mass is 289 g/mol. The second-order valence-electron chi connectivity index (χ2n) is 2.57. The fourth-order valence-corrected chi connectivity index (χ4v) is 1.77. The minimum absolute atomic E-state index is 0.368. The predicted octanol–water partition coefficient (Wildman–Crippen LogP) is 1.33. The third-order valence-electron chi connectivity index (χ3n) is 1.81. The van der Waals surface area contributed by atoms with Crippen molar-refractivity contribution in [3.8, 4) is 0 Å². The molecular formula is C7H4IN3O2. The lowest BCUT2D eigenvalue weighted by Crippen LogP contribution is -2.30. The van der Waals surface area contributed by atoms with Crippen LogP contribution in [0.4, 0.5) is 0 Å². The molecule has 0 N–H and O–H groups in total. The van der Waals surface area contributed by atoms with Gasteiger partial charge in [-0.15, -0.1) is 10.2 Å². The first-order valence-electron chi connectivity index (χ1n) is 3.54. The lowest BCUT2D eigenvalue weighted by atomic mass is 10.00. The molecule has 0 unspecified atom stereocenters. The van der Waals surface area contributed by atoms with Gasteiger partial charge in [0.2, 0.25) is 0 Å². The number of halogens is 1. The summed E-state index contributed by atoms with van der Waals surface area (Å²) in [5.41, 5.74) is 1.21. The molecule has 66 valence electrons. The molecule has 1 aliphatic carbocycles. The molecule has 0 radical (unpaired) electrons. The lowest BCUT2D eigenvalue weighted by molar-refractivity contribution is -0.490. The highest BCUT2D eigenvalue weighted by Gasteiger charge is 2.33. The van der Waals surface area contributed by atoms with Crippen LogP contribution >= 0.6 is 22.6 Å². The topological polar surface area (TPSA) is 67.9 Å². The van der Waals surface area contributed by atoms with Crippen molar-refractivity contribution in [3.05, 3.63) is 33.9 Å². The summed E-state index contributed by atoms with van der Waals surface area (Å²) in [6.45, 7) is 0. The van der Waals surface area contributed by atoms with Crippen LogP contribution in [-0.4, -0.2) is 20.4 Å². The van der Waals surface area contributed by atoms with E-state index in [0.29, 0.717) is 9.43 Å². The Labute approximate surface area is 87.2 Å². The lowest BCUT2D eigenvalue weighted by Gasteiger charge is -2.08. The maximum absolute atomic E-state index is 10.6. The van der Waals surface area contributed by atoms with Gasteiger partial charge in [0.1, 0.15) is 3.72 Å². The van der Waals surface area contributed by atoms with E-state index in [4.69, 9.17) is 0 Å². The Bertz CT molecular complexity index is 395.